The fraction of sp³-hybridized carbons (Fsp3) is 0.429. The maximum Gasteiger partial charge on any atom is 0.163 e. The lowest BCUT2D eigenvalue weighted by Gasteiger charge is -2.39. The topological polar surface area (TPSA) is 63.6 Å². The van der Waals surface area contributed by atoms with E-state index >= 15 is 0 Å². The van der Waals surface area contributed by atoms with Crippen LogP contribution in [0.1, 0.15) is 57.4 Å². The Labute approximate surface area is 157 Å². The van der Waals surface area contributed by atoms with Gasteiger partial charge in [-0.25, -0.2) is 0 Å². The van der Waals surface area contributed by atoms with Gasteiger partial charge in [0, 0.05) is 47.4 Å². The minimum absolute atomic E-state index is 0.0226. The molecule has 0 bridgehead atoms. The van der Waals surface area contributed by atoms with Crippen molar-refractivity contribution in [3.05, 3.63) is 51.4 Å². The highest BCUT2D eigenvalue weighted by atomic mass is 35.5. The molecule has 0 saturated heterocycles. The van der Waals surface area contributed by atoms with Gasteiger partial charge in [-0.2, -0.15) is 0 Å². The van der Waals surface area contributed by atoms with Gasteiger partial charge in [-0.05, 0) is 30.0 Å². The third-order valence-corrected chi connectivity index (χ3v) is 5.64. The summed E-state index contributed by atoms with van der Waals surface area (Å²) < 4.78 is 6.07. The van der Waals surface area contributed by atoms with Gasteiger partial charge < -0.3 is 9.84 Å². The molecule has 1 N–H and O–H groups in total. The Morgan fingerprint density at radius 1 is 1.12 bits per heavy atom. The minimum Gasteiger partial charge on any atom is -0.512 e. The molecule has 2 aliphatic carbocycles. The first-order chi connectivity index (χ1) is 12.3. The molecule has 136 valence electrons. The summed E-state index contributed by atoms with van der Waals surface area (Å²) in [5, 5.41) is 11.0. The molecule has 0 saturated carbocycles. The fourth-order valence-electron chi connectivity index (χ4n) is 4.29. The zero-order chi connectivity index (χ0) is 18.6. The van der Waals surface area contributed by atoms with Crippen LogP contribution < -0.4 is 4.74 Å². The van der Waals surface area contributed by atoms with Gasteiger partial charge >= 0.3 is 0 Å². The summed E-state index contributed by atoms with van der Waals surface area (Å²) in [6, 6.07) is 5.24. The standard InChI is InChI=1S/C21H21ClO4/c1-21(2)9-15(25)20-17(10-21)26-16-7-6-11(22)8-12(16)18(20)19-13(23)4-3-5-14(19)24/h6-8,18,23H,3-5,9-10H2,1-2H3. The summed E-state index contributed by atoms with van der Waals surface area (Å²) in [6.07, 6.45) is 2.48. The van der Waals surface area contributed by atoms with E-state index in [1.807, 2.05) is 13.8 Å². The van der Waals surface area contributed by atoms with Crippen LogP contribution in [0.4, 0.5) is 0 Å². The van der Waals surface area contributed by atoms with Gasteiger partial charge in [0.15, 0.2) is 11.6 Å². The second-order valence-corrected chi connectivity index (χ2v) is 8.57. The number of aliphatic hydroxyl groups excluding tert-OH is 1. The van der Waals surface area contributed by atoms with Crippen LogP contribution in [0.3, 0.4) is 0 Å². The molecule has 5 heteroatoms. The molecular weight excluding hydrogens is 352 g/mol. The van der Waals surface area contributed by atoms with E-state index in [0.717, 1.165) is 0 Å². The molecule has 3 aliphatic rings. The van der Waals surface area contributed by atoms with Crippen LogP contribution in [0.25, 0.3) is 0 Å². The molecule has 0 aromatic heterocycles. The first-order valence-electron chi connectivity index (χ1n) is 8.95. The number of benzene rings is 1. The summed E-state index contributed by atoms with van der Waals surface area (Å²) in [6.45, 7) is 4.07. The molecule has 0 radical (unpaired) electrons. The number of aliphatic hydroxyl groups is 1. The first kappa shape index (κ1) is 17.3. The molecule has 1 unspecified atom stereocenters. The van der Waals surface area contributed by atoms with Crippen molar-refractivity contribution < 1.29 is 19.4 Å². The van der Waals surface area contributed by atoms with Crippen LogP contribution in [0.15, 0.2) is 40.9 Å². The highest BCUT2D eigenvalue weighted by Crippen LogP contribution is 2.51. The number of Topliss-reactive ketones (excluding diaryl/α,β-unsaturated/α-hetero) is 2. The Morgan fingerprint density at radius 3 is 2.62 bits per heavy atom. The monoisotopic (exact) mass is 372 g/mol. The molecule has 0 fully saturated rings. The summed E-state index contributed by atoms with van der Waals surface area (Å²) in [4.78, 5) is 25.7. The number of carbonyl (C=O) groups is 2. The fourth-order valence-corrected chi connectivity index (χ4v) is 4.47. The van der Waals surface area contributed by atoms with Gasteiger partial charge in [-0.3, -0.25) is 9.59 Å². The zero-order valence-electron chi connectivity index (χ0n) is 14.9. The number of hydrogen-bond acceptors (Lipinski definition) is 4. The minimum atomic E-state index is -0.594. The van der Waals surface area contributed by atoms with Crippen molar-refractivity contribution in [1.29, 1.82) is 0 Å². The molecule has 4 nitrogen and oxygen atoms in total. The van der Waals surface area contributed by atoms with Crippen molar-refractivity contribution in [3.8, 4) is 5.75 Å². The van der Waals surface area contributed by atoms with Crippen LogP contribution in [-0.4, -0.2) is 16.7 Å². The third kappa shape index (κ3) is 2.77. The molecule has 26 heavy (non-hydrogen) atoms. The molecule has 1 heterocycles. The van der Waals surface area contributed by atoms with Crippen LogP contribution in [0, 0.1) is 5.41 Å². The zero-order valence-corrected chi connectivity index (χ0v) is 15.7. The summed E-state index contributed by atoms with van der Waals surface area (Å²) in [7, 11) is 0. The van der Waals surface area contributed by atoms with Crippen molar-refractivity contribution in [2.24, 2.45) is 5.41 Å². The highest BCUT2D eigenvalue weighted by molar-refractivity contribution is 6.30. The Balaban J connectivity index is 1.96. The number of rotatable bonds is 1. The lowest BCUT2D eigenvalue weighted by molar-refractivity contribution is -0.118. The van der Waals surface area contributed by atoms with E-state index in [4.69, 9.17) is 16.3 Å². The van der Waals surface area contributed by atoms with Crippen LogP contribution in [0.5, 0.6) is 5.75 Å². The number of halogens is 1. The number of hydrogen-bond donors (Lipinski definition) is 1. The van der Waals surface area contributed by atoms with Gasteiger partial charge in [-0.15, -0.1) is 0 Å². The van der Waals surface area contributed by atoms with Gasteiger partial charge in [0.2, 0.25) is 0 Å². The number of carbonyl (C=O) groups excluding carboxylic acids is 2. The molecule has 1 atom stereocenters. The van der Waals surface area contributed by atoms with Gasteiger partial charge in [0.25, 0.3) is 0 Å². The summed E-state index contributed by atoms with van der Waals surface area (Å²) in [5.41, 5.74) is 1.33. The van der Waals surface area contributed by atoms with E-state index in [2.05, 4.69) is 0 Å². The van der Waals surface area contributed by atoms with Crippen molar-refractivity contribution >= 4 is 23.2 Å². The van der Waals surface area contributed by atoms with E-state index in [1.54, 1.807) is 18.2 Å². The smallest absolute Gasteiger partial charge is 0.163 e. The Bertz CT molecular complexity index is 891. The molecule has 1 aromatic rings. The largest absolute Gasteiger partial charge is 0.512 e. The lowest BCUT2D eigenvalue weighted by atomic mass is 9.68. The lowest BCUT2D eigenvalue weighted by Crippen LogP contribution is -2.34. The molecule has 1 aliphatic heterocycles. The predicted octanol–water partition coefficient (Wildman–Crippen LogP) is 5.02. The Hall–Kier alpha value is -2.07. The molecule has 0 amide bonds. The predicted molar refractivity (Wildman–Crippen MR) is 98.4 cm³/mol. The molecule has 4 rings (SSSR count). The van der Waals surface area contributed by atoms with Gasteiger partial charge in [0.1, 0.15) is 11.5 Å². The number of ketones is 2. The number of ether oxygens (including phenoxy) is 1. The van der Waals surface area contributed by atoms with E-state index in [1.165, 1.54) is 0 Å². The number of allylic oxidation sites excluding steroid dienone is 4. The van der Waals surface area contributed by atoms with E-state index in [0.29, 0.717) is 65.3 Å². The Morgan fingerprint density at radius 2 is 1.88 bits per heavy atom. The summed E-state index contributed by atoms with van der Waals surface area (Å²) >= 11 is 6.19. The Kier molecular flexibility index (Phi) is 3.99. The van der Waals surface area contributed by atoms with E-state index in [-0.39, 0.29) is 22.7 Å². The van der Waals surface area contributed by atoms with Crippen molar-refractivity contribution in [1.82, 2.24) is 0 Å². The maximum atomic E-state index is 13.0. The third-order valence-electron chi connectivity index (χ3n) is 5.40. The van der Waals surface area contributed by atoms with Crippen LogP contribution in [0.2, 0.25) is 5.02 Å². The average Bonchev–Trinajstić information content (AvgIpc) is 2.53. The highest BCUT2D eigenvalue weighted by Gasteiger charge is 2.45. The SMILES string of the molecule is CC1(C)CC(=O)C2=C(C1)Oc1ccc(Cl)cc1C2C1=C(O)CCCC1=O. The van der Waals surface area contributed by atoms with Crippen molar-refractivity contribution in [2.45, 2.75) is 51.9 Å². The second-order valence-electron chi connectivity index (χ2n) is 8.13. The normalized spacial score (nSPS) is 25.0. The second kappa shape index (κ2) is 5.98. The summed E-state index contributed by atoms with van der Waals surface area (Å²) in [5.74, 6) is 0.584. The van der Waals surface area contributed by atoms with Gasteiger partial charge in [0.05, 0.1) is 11.7 Å². The first-order valence-corrected chi connectivity index (χ1v) is 9.33. The number of fused-ring (bicyclic) bond motifs is 1. The van der Waals surface area contributed by atoms with Gasteiger partial charge in [-0.1, -0.05) is 25.4 Å². The van der Waals surface area contributed by atoms with Crippen molar-refractivity contribution in [3.63, 3.8) is 0 Å². The van der Waals surface area contributed by atoms with Crippen molar-refractivity contribution in [2.75, 3.05) is 0 Å². The van der Waals surface area contributed by atoms with Crippen LogP contribution >= 0.6 is 11.6 Å². The van der Waals surface area contributed by atoms with E-state index < -0.39 is 5.92 Å². The van der Waals surface area contributed by atoms with Crippen LogP contribution in [-0.2, 0) is 9.59 Å². The van der Waals surface area contributed by atoms with E-state index in [9.17, 15) is 14.7 Å². The molecule has 1 aromatic carbocycles. The quantitative estimate of drug-likeness (QED) is 0.751. The molecule has 0 spiro atoms. The average molecular weight is 373 g/mol. The molecular formula is C21H21ClO4. The maximum absolute atomic E-state index is 13.0.